The molecule has 4 heteroatoms. The molecular formula is C13H20BrN3. The van der Waals surface area contributed by atoms with Crippen LogP contribution in [0.1, 0.15) is 50.9 Å². The average Bonchev–Trinajstić information content (AvgIpc) is 2.74. The molecule has 2 N–H and O–H groups in total. The molecule has 1 heterocycles. The predicted octanol–water partition coefficient (Wildman–Crippen LogP) is 3.27. The maximum Gasteiger partial charge on any atom is 0.0699 e. The summed E-state index contributed by atoms with van der Waals surface area (Å²) in [6.07, 6.45) is 5.97. The monoisotopic (exact) mass is 297 g/mol. The van der Waals surface area contributed by atoms with Gasteiger partial charge >= 0.3 is 0 Å². The summed E-state index contributed by atoms with van der Waals surface area (Å²) < 4.78 is 3.14. The van der Waals surface area contributed by atoms with Gasteiger partial charge in [-0.15, -0.1) is 0 Å². The molecule has 0 bridgehead atoms. The highest BCUT2D eigenvalue weighted by Crippen LogP contribution is 2.57. The highest BCUT2D eigenvalue weighted by molar-refractivity contribution is 9.10. The Bertz CT molecular complexity index is 416. The molecule has 2 aliphatic rings. The molecule has 0 saturated heterocycles. The molecule has 0 radical (unpaired) electrons. The van der Waals surface area contributed by atoms with Gasteiger partial charge < -0.3 is 5.73 Å². The number of fused-ring (bicyclic) bond motifs is 1. The van der Waals surface area contributed by atoms with Crippen LogP contribution in [0.3, 0.4) is 0 Å². The summed E-state index contributed by atoms with van der Waals surface area (Å²) in [6.45, 7) is 4.31. The Labute approximate surface area is 111 Å². The zero-order valence-electron chi connectivity index (χ0n) is 10.4. The Hall–Kier alpha value is -0.350. The molecular weight excluding hydrogens is 278 g/mol. The number of nitrogens with zero attached hydrogens (tertiary/aromatic N) is 2. The first kappa shape index (κ1) is 11.7. The lowest BCUT2D eigenvalue weighted by molar-refractivity contribution is 0.370. The van der Waals surface area contributed by atoms with Gasteiger partial charge in [0, 0.05) is 6.04 Å². The van der Waals surface area contributed by atoms with Gasteiger partial charge in [0.1, 0.15) is 0 Å². The third-order valence-electron chi connectivity index (χ3n) is 4.38. The van der Waals surface area contributed by atoms with E-state index in [1.54, 1.807) is 0 Å². The Morgan fingerprint density at radius 3 is 2.59 bits per heavy atom. The lowest BCUT2D eigenvalue weighted by atomic mass is 9.92. The van der Waals surface area contributed by atoms with Gasteiger partial charge in [-0.25, -0.2) is 0 Å². The van der Waals surface area contributed by atoms with Crippen LogP contribution in [-0.2, 0) is 0 Å². The topological polar surface area (TPSA) is 43.8 Å². The predicted molar refractivity (Wildman–Crippen MR) is 71.6 cm³/mol. The second-order valence-corrected chi connectivity index (χ2v) is 6.78. The number of rotatable bonds is 3. The third kappa shape index (κ3) is 1.95. The molecule has 3 nitrogen and oxygen atoms in total. The molecule has 1 aromatic rings. The molecule has 94 valence electrons. The van der Waals surface area contributed by atoms with Crippen LogP contribution in [0.2, 0.25) is 0 Å². The molecule has 0 aromatic carbocycles. The van der Waals surface area contributed by atoms with Crippen molar-refractivity contribution in [1.29, 1.82) is 0 Å². The third-order valence-corrected chi connectivity index (χ3v) is 4.99. The van der Waals surface area contributed by atoms with E-state index in [0.717, 1.165) is 16.3 Å². The molecule has 17 heavy (non-hydrogen) atoms. The normalized spacial score (nSPS) is 32.9. The SMILES string of the molecule is CC(C)n1ncc(Br)c1C(N)C1CC2CC2C1. The van der Waals surface area contributed by atoms with Crippen molar-refractivity contribution in [3.8, 4) is 0 Å². The molecule has 0 spiro atoms. The minimum absolute atomic E-state index is 0.141. The van der Waals surface area contributed by atoms with Gasteiger partial charge in [-0.05, 0) is 66.8 Å². The van der Waals surface area contributed by atoms with E-state index in [9.17, 15) is 0 Å². The van der Waals surface area contributed by atoms with Crippen LogP contribution in [0.25, 0.3) is 0 Å². The molecule has 0 aliphatic heterocycles. The maximum absolute atomic E-state index is 6.48. The van der Waals surface area contributed by atoms with Crippen molar-refractivity contribution in [2.75, 3.05) is 0 Å². The van der Waals surface area contributed by atoms with Crippen molar-refractivity contribution in [3.63, 3.8) is 0 Å². The van der Waals surface area contributed by atoms with Crippen LogP contribution in [0.5, 0.6) is 0 Å². The van der Waals surface area contributed by atoms with Gasteiger partial charge in [-0.1, -0.05) is 0 Å². The van der Waals surface area contributed by atoms with Crippen LogP contribution in [0.15, 0.2) is 10.7 Å². The summed E-state index contributed by atoms with van der Waals surface area (Å²) in [5, 5.41) is 4.43. The first-order chi connectivity index (χ1) is 8.08. The number of halogens is 1. The van der Waals surface area contributed by atoms with Crippen molar-refractivity contribution >= 4 is 15.9 Å². The molecule has 2 saturated carbocycles. The molecule has 3 rings (SSSR count). The Balaban J connectivity index is 1.84. The second kappa shape index (κ2) is 4.09. The van der Waals surface area contributed by atoms with Crippen molar-refractivity contribution in [1.82, 2.24) is 9.78 Å². The highest BCUT2D eigenvalue weighted by Gasteiger charge is 2.48. The average molecular weight is 298 g/mol. The molecule has 2 fully saturated rings. The molecule has 3 atom stereocenters. The van der Waals surface area contributed by atoms with E-state index in [2.05, 4.69) is 39.6 Å². The van der Waals surface area contributed by atoms with Crippen LogP contribution in [0, 0.1) is 17.8 Å². The zero-order chi connectivity index (χ0) is 12.2. The minimum atomic E-state index is 0.141. The summed E-state index contributed by atoms with van der Waals surface area (Å²) in [5.74, 6) is 2.63. The molecule has 2 aliphatic carbocycles. The summed E-state index contributed by atoms with van der Waals surface area (Å²) in [4.78, 5) is 0. The first-order valence-corrected chi connectivity index (χ1v) is 7.35. The van der Waals surface area contributed by atoms with Crippen LogP contribution in [0.4, 0.5) is 0 Å². The van der Waals surface area contributed by atoms with Gasteiger partial charge in [0.25, 0.3) is 0 Å². The maximum atomic E-state index is 6.48. The van der Waals surface area contributed by atoms with E-state index < -0.39 is 0 Å². The van der Waals surface area contributed by atoms with Gasteiger partial charge in [-0.2, -0.15) is 5.10 Å². The van der Waals surface area contributed by atoms with E-state index >= 15 is 0 Å². The molecule has 0 amide bonds. The standard InChI is InChI=1S/C13H20BrN3/c1-7(2)17-13(11(14)6-16-17)12(15)10-4-8-3-9(8)5-10/h6-10,12H,3-5,15H2,1-2H3. The fraction of sp³-hybridized carbons (Fsp3) is 0.769. The van der Waals surface area contributed by atoms with Gasteiger partial charge in [0.05, 0.1) is 22.4 Å². The lowest BCUT2D eigenvalue weighted by Gasteiger charge is -2.23. The molecule has 3 unspecified atom stereocenters. The van der Waals surface area contributed by atoms with E-state index in [4.69, 9.17) is 5.73 Å². The largest absolute Gasteiger partial charge is 0.322 e. The Kier molecular flexibility index (Phi) is 2.82. The fourth-order valence-electron chi connectivity index (χ4n) is 3.35. The molecule has 1 aromatic heterocycles. The van der Waals surface area contributed by atoms with Crippen molar-refractivity contribution < 1.29 is 0 Å². The summed E-state index contributed by atoms with van der Waals surface area (Å²) in [6, 6.07) is 0.514. The van der Waals surface area contributed by atoms with E-state index in [1.807, 2.05) is 6.20 Å². The second-order valence-electron chi connectivity index (χ2n) is 5.93. The van der Waals surface area contributed by atoms with Gasteiger partial charge in [-0.3, -0.25) is 4.68 Å². The summed E-state index contributed by atoms with van der Waals surface area (Å²) in [5.41, 5.74) is 7.66. The van der Waals surface area contributed by atoms with E-state index in [-0.39, 0.29) is 6.04 Å². The van der Waals surface area contributed by atoms with E-state index in [0.29, 0.717) is 12.0 Å². The van der Waals surface area contributed by atoms with Crippen molar-refractivity contribution in [2.45, 2.75) is 45.2 Å². The van der Waals surface area contributed by atoms with Gasteiger partial charge in [0.2, 0.25) is 0 Å². The van der Waals surface area contributed by atoms with Crippen molar-refractivity contribution in [3.05, 3.63) is 16.4 Å². The summed E-state index contributed by atoms with van der Waals surface area (Å²) >= 11 is 3.60. The number of hydrogen-bond acceptors (Lipinski definition) is 2. The Morgan fingerprint density at radius 1 is 1.35 bits per heavy atom. The van der Waals surface area contributed by atoms with Gasteiger partial charge in [0.15, 0.2) is 0 Å². The van der Waals surface area contributed by atoms with Crippen LogP contribution in [-0.4, -0.2) is 9.78 Å². The first-order valence-electron chi connectivity index (χ1n) is 6.56. The van der Waals surface area contributed by atoms with Crippen molar-refractivity contribution in [2.24, 2.45) is 23.5 Å². The zero-order valence-corrected chi connectivity index (χ0v) is 12.0. The lowest BCUT2D eigenvalue weighted by Crippen LogP contribution is -2.25. The minimum Gasteiger partial charge on any atom is -0.322 e. The number of aromatic nitrogens is 2. The fourth-order valence-corrected chi connectivity index (χ4v) is 3.89. The van der Waals surface area contributed by atoms with E-state index in [1.165, 1.54) is 25.0 Å². The smallest absolute Gasteiger partial charge is 0.0699 e. The highest BCUT2D eigenvalue weighted by atomic mass is 79.9. The number of hydrogen-bond donors (Lipinski definition) is 1. The quantitative estimate of drug-likeness (QED) is 0.930. The van der Waals surface area contributed by atoms with Crippen LogP contribution < -0.4 is 5.73 Å². The number of nitrogens with two attached hydrogens (primary N) is 1. The van der Waals surface area contributed by atoms with Crippen LogP contribution >= 0.6 is 15.9 Å². The Morgan fingerprint density at radius 2 is 2.00 bits per heavy atom. The summed E-state index contributed by atoms with van der Waals surface area (Å²) in [7, 11) is 0.